The summed E-state index contributed by atoms with van der Waals surface area (Å²) >= 11 is 0. The molecule has 0 bridgehead atoms. The first-order chi connectivity index (χ1) is 12.1. The van der Waals surface area contributed by atoms with Crippen molar-refractivity contribution in [3.63, 3.8) is 0 Å². The number of morpholine rings is 1. The van der Waals surface area contributed by atoms with E-state index in [1.807, 2.05) is 36.4 Å². The number of carbonyl (C=O) groups is 2. The lowest BCUT2D eigenvalue weighted by Crippen LogP contribution is -2.41. The summed E-state index contributed by atoms with van der Waals surface area (Å²) in [4.78, 5) is 26.4. The fraction of sp³-hybridized carbons (Fsp3) is 0.368. The van der Waals surface area contributed by atoms with Gasteiger partial charge in [-0.05, 0) is 22.9 Å². The van der Waals surface area contributed by atoms with E-state index in [2.05, 4.69) is 15.5 Å². The number of rotatable bonds is 5. The summed E-state index contributed by atoms with van der Waals surface area (Å²) in [5.41, 5.74) is 1.02. The Morgan fingerprint density at radius 1 is 1.12 bits per heavy atom. The van der Waals surface area contributed by atoms with Crippen molar-refractivity contribution in [3.8, 4) is 0 Å². The number of nitrogens with zero attached hydrogens (tertiary/aromatic N) is 1. The van der Waals surface area contributed by atoms with Crippen LogP contribution in [0.3, 0.4) is 0 Å². The second-order valence-corrected chi connectivity index (χ2v) is 6.14. The molecular weight excluding hydrogens is 318 g/mol. The number of fused-ring (bicyclic) bond motifs is 1. The molecule has 1 fully saturated rings. The minimum absolute atomic E-state index is 0.178. The van der Waals surface area contributed by atoms with Crippen LogP contribution in [-0.2, 0) is 9.53 Å². The van der Waals surface area contributed by atoms with Gasteiger partial charge in [-0.3, -0.25) is 14.5 Å². The normalized spacial score (nSPS) is 15.1. The van der Waals surface area contributed by atoms with Gasteiger partial charge in [-0.25, -0.2) is 0 Å². The van der Waals surface area contributed by atoms with E-state index in [0.717, 1.165) is 43.6 Å². The summed E-state index contributed by atoms with van der Waals surface area (Å²) in [5.74, 6) is -0.375. The molecule has 2 amide bonds. The minimum atomic E-state index is -0.197. The van der Waals surface area contributed by atoms with Crippen LogP contribution in [-0.4, -0.2) is 56.1 Å². The first-order valence-electron chi connectivity index (χ1n) is 8.52. The zero-order chi connectivity index (χ0) is 17.6. The highest BCUT2D eigenvalue weighted by molar-refractivity contribution is 6.07. The molecule has 1 heterocycles. The second-order valence-electron chi connectivity index (χ2n) is 6.14. The highest BCUT2D eigenvalue weighted by Crippen LogP contribution is 2.24. The minimum Gasteiger partial charge on any atom is -0.379 e. The van der Waals surface area contributed by atoms with Gasteiger partial charge in [0, 0.05) is 33.1 Å². The first kappa shape index (κ1) is 17.4. The molecule has 0 aliphatic carbocycles. The number of hydrogen-bond donors (Lipinski definition) is 2. The van der Waals surface area contributed by atoms with Crippen molar-refractivity contribution in [1.29, 1.82) is 0 Å². The molecule has 0 atom stereocenters. The van der Waals surface area contributed by atoms with E-state index in [1.165, 1.54) is 6.92 Å². The van der Waals surface area contributed by atoms with Crippen molar-refractivity contribution in [1.82, 2.24) is 10.2 Å². The van der Waals surface area contributed by atoms with Crippen LogP contribution in [0.5, 0.6) is 0 Å². The van der Waals surface area contributed by atoms with Crippen LogP contribution >= 0.6 is 0 Å². The van der Waals surface area contributed by atoms with E-state index in [9.17, 15) is 9.59 Å². The van der Waals surface area contributed by atoms with E-state index in [1.54, 1.807) is 0 Å². The SMILES string of the molecule is CC(=O)Nc1cc2ccccc2cc1C(=O)NCCN1CCOCC1. The first-order valence-corrected chi connectivity index (χ1v) is 8.52. The number of ether oxygens (including phenoxy) is 1. The standard InChI is InChI=1S/C19H23N3O3/c1-14(23)21-18-13-16-5-3-2-4-15(16)12-17(18)19(24)20-6-7-22-8-10-25-11-9-22/h2-5,12-13H,6-11H2,1H3,(H,20,24)(H,21,23). The van der Waals surface area contributed by atoms with Crippen molar-refractivity contribution >= 4 is 28.3 Å². The smallest absolute Gasteiger partial charge is 0.253 e. The van der Waals surface area contributed by atoms with Gasteiger partial charge in [-0.15, -0.1) is 0 Å². The van der Waals surface area contributed by atoms with Gasteiger partial charge in [0.1, 0.15) is 0 Å². The van der Waals surface area contributed by atoms with E-state index in [4.69, 9.17) is 4.74 Å². The van der Waals surface area contributed by atoms with Crippen molar-refractivity contribution in [2.75, 3.05) is 44.7 Å². The Labute approximate surface area is 147 Å². The van der Waals surface area contributed by atoms with Gasteiger partial charge >= 0.3 is 0 Å². The molecule has 1 aliphatic rings. The van der Waals surface area contributed by atoms with Crippen LogP contribution in [0.4, 0.5) is 5.69 Å². The average molecular weight is 341 g/mol. The topological polar surface area (TPSA) is 70.7 Å². The largest absolute Gasteiger partial charge is 0.379 e. The number of amides is 2. The Balaban J connectivity index is 1.72. The highest BCUT2D eigenvalue weighted by atomic mass is 16.5. The molecule has 2 N–H and O–H groups in total. The lowest BCUT2D eigenvalue weighted by Gasteiger charge is -2.26. The molecule has 6 nitrogen and oxygen atoms in total. The summed E-state index contributed by atoms with van der Waals surface area (Å²) < 4.78 is 5.32. The van der Waals surface area contributed by atoms with Crippen molar-refractivity contribution < 1.29 is 14.3 Å². The van der Waals surface area contributed by atoms with Gasteiger partial charge in [-0.2, -0.15) is 0 Å². The number of anilines is 1. The molecule has 0 radical (unpaired) electrons. The summed E-state index contributed by atoms with van der Waals surface area (Å²) in [6.45, 7) is 6.06. The summed E-state index contributed by atoms with van der Waals surface area (Å²) in [6.07, 6.45) is 0. The third kappa shape index (κ3) is 4.55. The van der Waals surface area contributed by atoms with Crippen molar-refractivity contribution in [2.45, 2.75) is 6.92 Å². The van der Waals surface area contributed by atoms with Crippen molar-refractivity contribution in [2.24, 2.45) is 0 Å². The number of nitrogens with one attached hydrogen (secondary N) is 2. The monoisotopic (exact) mass is 341 g/mol. The lowest BCUT2D eigenvalue weighted by atomic mass is 10.0. The third-order valence-electron chi connectivity index (χ3n) is 4.26. The molecule has 2 aromatic carbocycles. The van der Waals surface area contributed by atoms with Gasteiger partial charge in [0.2, 0.25) is 5.91 Å². The molecule has 132 valence electrons. The molecule has 6 heteroatoms. The Morgan fingerprint density at radius 2 is 1.80 bits per heavy atom. The molecule has 3 rings (SSSR count). The lowest BCUT2D eigenvalue weighted by molar-refractivity contribution is -0.114. The van der Waals surface area contributed by atoms with E-state index in [0.29, 0.717) is 17.8 Å². The van der Waals surface area contributed by atoms with Crippen molar-refractivity contribution in [3.05, 3.63) is 42.0 Å². The molecule has 1 saturated heterocycles. The van der Waals surface area contributed by atoms with E-state index in [-0.39, 0.29) is 11.8 Å². The summed E-state index contributed by atoms with van der Waals surface area (Å²) in [6, 6.07) is 11.4. The van der Waals surface area contributed by atoms with Crippen LogP contribution < -0.4 is 10.6 Å². The summed E-state index contributed by atoms with van der Waals surface area (Å²) in [5, 5.41) is 7.66. The number of hydrogen-bond acceptors (Lipinski definition) is 4. The molecule has 0 spiro atoms. The Bertz CT molecular complexity index is 770. The number of carbonyl (C=O) groups excluding carboxylic acids is 2. The average Bonchev–Trinajstić information content (AvgIpc) is 2.61. The highest BCUT2D eigenvalue weighted by Gasteiger charge is 2.15. The predicted molar refractivity (Wildman–Crippen MR) is 97.8 cm³/mol. The molecule has 2 aromatic rings. The van der Waals surface area contributed by atoms with Crippen LogP contribution in [0, 0.1) is 0 Å². The van der Waals surface area contributed by atoms with Crippen LogP contribution in [0.1, 0.15) is 17.3 Å². The van der Waals surface area contributed by atoms with E-state index >= 15 is 0 Å². The maximum absolute atomic E-state index is 12.6. The quantitative estimate of drug-likeness (QED) is 0.871. The fourth-order valence-electron chi connectivity index (χ4n) is 2.97. The summed E-state index contributed by atoms with van der Waals surface area (Å²) in [7, 11) is 0. The molecule has 0 unspecified atom stereocenters. The zero-order valence-corrected chi connectivity index (χ0v) is 14.4. The third-order valence-corrected chi connectivity index (χ3v) is 4.26. The van der Waals surface area contributed by atoms with Gasteiger partial charge in [0.15, 0.2) is 0 Å². The van der Waals surface area contributed by atoms with Gasteiger partial charge in [0.25, 0.3) is 5.91 Å². The fourth-order valence-corrected chi connectivity index (χ4v) is 2.97. The Kier molecular flexibility index (Phi) is 5.63. The second kappa shape index (κ2) is 8.09. The molecule has 0 saturated carbocycles. The zero-order valence-electron chi connectivity index (χ0n) is 14.4. The maximum atomic E-state index is 12.6. The van der Waals surface area contributed by atoms with Gasteiger partial charge in [-0.1, -0.05) is 24.3 Å². The molecule has 25 heavy (non-hydrogen) atoms. The molecule has 1 aliphatic heterocycles. The maximum Gasteiger partial charge on any atom is 0.253 e. The van der Waals surface area contributed by atoms with Crippen LogP contribution in [0.25, 0.3) is 10.8 Å². The predicted octanol–water partition coefficient (Wildman–Crippen LogP) is 1.86. The Hall–Kier alpha value is -2.44. The van der Waals surface area contributed by atoms with Gasteiger partial charge < -0.3 is 15.4 Å². The van der Waals surface area contributed by atoms with Crippen LogP contribution in [0.2, 0.25) is 0 Å². The van der Waals surface area contributed by atoms with E-state index < -0.39 is 0 Å². The number of benzene rings is 2. The molecular formula is C19H23N3O3. The van der Waals surface area contributed by atoms with Crippen LogP contribution in [0.15, 0.2) is 36.4 Å². The Morgan fingerprint density at radius 3 is 2.48 bits per heavy atom. The molecule has 0 aromatic heterocycles. The van der Waals surface area contributed by atoms with Gasteiger partial charge in [0.05, 0.1) is 24.5 Å².